The quantitative estimate of drug-likeness (QED) is 0.509. The van der Waals surface area contributed by atoms with E-state index in [9.17, 15) is 4.79 Å². The third kappa shape index (κ3) is 3.52. The number of benzene rings is 3. The maximum absolute atomic E-state index is 12.6. The summed E-state index contributed by atoms with van der Waals surface area (Å²) in [6.07, 6.45) is -0.472. The molecule has 0 radical (unpaired) electrons. The van der Waals surface area contributed by atoms with E-state index in [0.717, 1.165) is 27.3 Å². The molecule has 0 atom stereocenters. The maximum atomic E-state index is 12.6. The van der Waals surface area contributed by atoms with Gasteiger partial charge in [-0.25, -0.2) is 4.79 Å². The number of carbonyl (C=O) groups is 1. The first-order valence-corrected chi connectivity index (χ1v) is 10.1. The molecule has 3 aromatic carbocycles. The average Bonchev–Trinajstić information content (AvgIpc) is 3.06. The minimum atomic E-state index is -0.472. The lowest BCUT2D eigenvalue weighted by molar-refractivity contribution is 0.158. The van der Waals surface area contributed by atoms with Gasteiger partial charge in [-0.1, -0.05) is 48.5 Å². The van der Waals surface area contributed by atoms with Gasteiger partial charge in [0.15, 0.2) is 0 Å². The molecular formula is C24H24N2O2S. The highest BCUT2D eigenvalue weighted by Crippen LogP contribution is 2.44. The Morgan fingerprint density at radius 2 is 1.62 bits per heavy atom. The number of thiol groups is 1. The van der Waals surface area contributed by atoms with Crippen molar-refractivity contribution in [1.29, 1.82) is 0 Å². The first-order chi connectivity index (χ1) is 14.0. The fourth-order valence-electron chi connectivity index (χ4n) is 4.09. The largest absolute Gasteiger partial charge is 0.448 e. The predicted molar refractivity (Wildman–Crippen MR) is 120 cm³/mol. The van der Waals surface area contributed by atoms with Gasteiger partial charge in [0.25, 0.3) is 0 Å². The number of anilines is 1. The van der Waals surface area contributed by atoms with Crippen LogP contribution in [0.2, 0.25) is 0 Å². The predicted octanol–water partition coefficient (Wildman–Crippen LogP) is 5.41. The molecule has 1 aliphatic carbocycles. The van der Waals surface area contributed by atoms with Gasteiger partial charge >= 0.3 is 6.09 Å². The van der Waals surface area contributed by atoms with Crippen LogP contribution in [0, 0.1) is 13.8 Å². The van der Waals surface area contributed by atoms with E-state index >= 15 is 0 Å². The van der Waals surface area contributed by atoms with Gasteiger partial charge in [0.2, 0.25) is 0 Å². The molecule has 148 valence electrons. The number of carbonyl (C=O) groups excluding carboxylic acids is 1. The van der Waals surface area contributed by atoms with Crippen LogP contribution < -0.4 is 11.1 Å². The second-order valence-corrected chi connectivity index (χ2v) is 7.82. The molecule has 0 saturated carbocycles. The summed E-state index contributed by atoms with van der Waals surface area (Å²) in [7, 11) is 0. The molecule has 3 N–H and O–H groups in total. The number of hydrogen-bond acceptors (Lipinski definition) is 4. The lowest BCUT2D eigenvalue weighted by Crippen LogP contribution is -2.19. The van der Waals surface area contributed by atoms with Gasteiger partial charge in [0, 0.05) is 17.4 Å². The van der Waals surface area contributed by atoms with Crippen LogP contribution in [0.3, 0.4) is 0 Å². The third-order valence-corrected chi connectivity index (χ3v) is 6.18. The van der Waals surface area contributed by atoms with E-state index < -0.39 is 6.09 Å². The monoisotopic (exact) mass is 404 g/mol. The van der Waals surface area contributed by atoms with E-state index in [2.05, 4.69) is 42.2 Å². The molecule has 0 unspecified atom stereocenters. The van der Waals surface area contributed by atoms with E-state index in [0.29, 0.717) is 6.54 Å². The summed E-state index contributed by atoms with van der Waals surface area (Å²) in [6, 6.07) is 18.5. The second kappa shape index (κ2) is 7.93. The minimum Gasteiger partial charge on any atom is -0.448 e. The van der Waals surface area contributed by atoms with E-state index in [1.54, 1.807) is 0 Å². The third-order valence-electron chi connectivity index (χ3n) is 5.72. The molecule has 0 aromatic heterocycles. The van der Waals surface area contributed by atoms with E-state index in [1.165, 1.54) is 22.3 Å². The molecule has 0 bridgehead atoms. The van der Waals surface area contributed by atoms with Crippen molar-refractivity contribution in [3.8, 4) is 11.1 Å². The summed E-state index contributed by atoms with van der Waals surface area (Å²) in [5.41, 5.74) is 14.1. The highest BCUT2D eigenvalue weighted by molar-refractivity contribution is 7.80. The highest BCUT2D eigenvalue weighted by Gasteiger charge is 2.29. The maximum Gasteiger partial charge on any atom is 0.411 e. The van der Waals surface area contributed by atoms with Crippen LogP contribution in [0.5, 0.6) is 0 Å². The van der Waals surface area contributed by atoms with Crippen molar-refractivity contribution in [2.24, 2.45) is 5.73 Å². The Morgan fingerprint density at radius 1 is 1.03 bits per heavy atom. The topological polar surface area (TPSA) is 64.3 Å². The molecule has 0 aliphatic heterocycles. The van der Waals surface area contributed by atoms with Crippen molar-refractivity contribution in [1.82, 2.24) is 0 Å². The van der Waals surface area contributed by atoms with Gasteiger partial charge in [-0.2, -0.15) is 0 Å². The van der Waals surface area contributed by atoms with Gasteiger partial charge in [0.05, 0.1) is 5.69 Å². The Hall–Kier alpha value is -2.76. The van der Waals surface area contributed by atoms with Gasteiger partial charge in [-0.15, -0.1) is 12.6 Å². The summed E-state index contributed by atoms with van der Waals surface area (Å²) < 4.78 is 5.66. The zero-order valence-electron chi connectivity index (χ0n) is 16.5. The summed E-state index contributed by atoms with van der Waals surface area (Å²) in [4.78, 5) is 13.4. The first kappa shape index (κ1) is 19.6. The molecule has 4 nitrogen and oxygen atoms in total. The van der Waals surface area contributed by atoms with E-state index in [4.69, 9.17) is 10.5 Å². The molecule has 0 saturated heterocycles. The number of fused-ring (bicyclic) bond motifs is 3. The van der Waals surface area contributed by atoms with Gasteiger partial charge in [0.1, 0.15) is 6.61 Å². The zero-order valence-corrected chi connectivity index (χ0v) is 17.4. The Kier molecular flexibility index (Phi) is 5.35. The number of rotatable bonds is 4. The molecule has 0 spiro atoms. The number of ether oxygens (including phenoxy) is 1. The van der Waals surface area contributed by atoms with Crippen molar-refractivity contribution < 1.29 is 9.53 Å². The smallest absolute Gasteiger partial charge is 0.411 e. The second-order valence-electron chi connectivity index (χ2n) is 7.33. The summed E-state index contributed by atoms with van der Waals surface area (Å²) in [5, 5.41) is 2.90. The zero-order chi connectivity index (χ0) is 20.5. The van der Waals surface area contributed by atoms with Crippen molar-refractivity contribution in [2.75, 3.05) is 11.9 Å². The van der Waals surface area contributed by atoms with Crippen molar-refractivity contribution in [3.05, 3.63) is 82.4 Å². The van der Waals surface area contributed by atoms with Crippen LogP contribution in [-0.4, -0.2) is 12.7 Å². The SMILES string of the molecule is Cc1c(S)cc(CN)c(C)c1NC(=O)OCC1c2ccccc2-c2ccccc21. The molecule has 5 heteroatoms. The van der Waals surface area contributed by atoms with Crippen LogP contribution in [0.4, 0.5) is 10.5 Å². The molecule has 4 rings (SSSR count). The van der Waals surface area contributed by atoms with Crippen LogP contribution >= 0.6 is 12.6 Å². The highest BCUT2D eigenvalue weighted by atomic mass is 32.1. The molecule has 3 aromatic rings. The van der Waals surface area contributed by atoms with Crippen LogP contribution in [0.15, 0.2) is 59.5 Å². The Bertz CT molecular complexity index is 1050. The average molecular weight is 405 g/mol. The molecule has 29 heavy (non-hydrogen) atoms. The summed E-state index contributed by atoms with van der Waals surface area (Å²) >= 11 is 4.50. The fourth-order valence-corrected chi connectivity index (χ4v) is 4.36. The minimum absolute atomic E-state index is 0.0335. The van der Waals surface area contributed by atoms with Gasteiger partial charge in [-0.3, -0.25) is 5.32 Å². The fraction of sp³-hybridized carbons (Fsp3) is 0.208. The molecule has 0 heterocycles. The molecule has 1 amide bonds. The Balaban J connectivity index is 1.54. The number of nitrogens with two attached hydrogens (primary N) is 1. The van der Waals surface area contributed by atoms with Crippen molar-refractivity contribution in [2.45, 2.75) is 31.2 Å². The summed E-state index contributed by atoms with van der Waals surface area (Å²) in [6.45, 7) is 4.54. The van der Waals surface area contributed by atoms with E-state index in [-0.39, 0.29) is 12.5 Å². The van der Waals surface area contributed by atoms with Crippen LogP contribution in [0.25, 0.3) is 11.1 Å². The standard InChI is InChI=1S/C24H24N2O2S/c1-14-16(12-25)11-22(29)15(2)23(14)26-24(27)28-13-21-19-9-5-3-7-17(19)18-8-4-6-10-20(18)21/h3-11,21,29H,12-13,25H2,1-2H3,(H,26,27). The number of amides is 1. The molecule has 1 aliphatic rings. The van der Waals surface area contributed by atoms with Crippen LogP contribution in [-0.2, 0) is 11.3 Å². The van der Waals surface area contributed by atoms with Crippen molar-refractivity contribution in [3.63, 3.8) is 0 Å². The van der Waals surface area contributed by atoms with Gasteiger partial charge < -0.3 is 10.5 Å². The van der Waals surface area contributed by atoms with Crippen molar-refractivity contribution >= 4 is 24.4 Å². The first-order valence-electron chi connectivity index (χ1n) is 9.65. The Labute approximate surface area is 176 Å². The van der Waals surface area contributed by atoms with Crippen LogP contribution in [0.1, 0.15) is 33.7 Å². The molecule has 0 fully saturated rings. The number of nitrogens with one attached hydrogen (secondary N) is 1. The lowest BCUT2D eigenvalue weighted by Gasteiger charge is -2.18. The number of hydrogen-bond donors (Lipinski definition) is 3. The van der Waals surface area contributed by atoms with E-state index in [1.807, 2.05) is 44.2 Å². The lowest BCUT2D eigenvalue weighted by atomic mass is 9.98. The summed E-state index contributed by atoms with van der Waals surface area (Å²) in [5.74, 6) is 0.0335. The Morgan fingerprint density at radius 3 is 2.21 bits per heavy atom. The molecular weight excluding hydrogens is 380 g/mol. The normalized spacial score (nSPS) is 12.4. The van der Waals surface area contributed by atoms with Gasteiger partial charge in [-0.05, 0) is 58.9 Å².